The van der Waals surface area contributed by atoms with E-state index in [-0.39, 0.29) is 0 Å². The van der Waals surface area contributed by atoms with Gasteiger partial charge in [0.15, 0.2) is 11.5 Å². The molecular formula is C9H8ClIN2O2. The number of hydrogen-bond donors (Lipinski definition) is 0. The second kappa shape index (κ2) is 4.44. The molecule has 0 spiro atoms. The number of rotatable bonds is 2. The zero-order chi connectivity index (χ0) is 10.8. The Bertz CT molecular complexity index is 460. The molecule has 80 valence electrons. The van der Waals surface area contributed by atoms with Gasteiger partial charge in [-0.25, -0.2) is 3.15 Å². The van der Waals surface area contributed by atoms with Crippen molar-refractivity contribution in [1.29, 1.82) is 0 Å². The third kappa shape index (κ3) is 1.98. The third-order valence-corrected chi connectivity index (χ3v) is 3.97. The van der Waals surface area contributed by atoms with Crippen molar-refractivity contribution in [2.45, 2.75) is 0 Å². The summed E-state index contributed by atoms with van der Waals surface area (Å²) in [4.78, 5) is 0. The molecule has 1 aromatic rings. The first-order chi connectivity index (χ1) is 7.26. The van der Waals surface area contributed by atoms with E-state index in [2.05, 4.69) is 6.35 Å². The largest absolute Gasteiger partial charge is 0.493 e. The van der Waals surface area contributed by atoms with Crippen molar-refractivity contribution in [2.75, 3.05) is 14.2 Å². The van der Waals surface area contributed by atoms with E-state index in [0.717, 1.165) is 11.3 Å². The number of fused-ring (bicyclic) bond motifs is 1. The molecule has 0 saturated carbocycles. The van der Waals surface area contributed by atoms with E-state index in [4.69, 9.17) is 21.1 Å². The maximum Gasteiger partial charge on any atom is 0.162 e. The molecule has 0 bridgehead atoms. The molecule has 0 atom stereocenters. The topological polar surface area (TPSA) is 43.2 Å². The van der Waals surface area contributed by atoms with Crippen molar-refractivity contribution >= 4 is 43.8 Å². The van der Waals surface area contributed by atoms with Gasteiger partial charge in [0.2, 0.25) is 0 Å². The van der Waals surface area contributed by atoms with Crippen LogP contribution >= 0.6 is 32.9 Å². The van der Waals surface area contributed by atoms with Gasteiger partial charge in [0, 0.05) is 11.6 Å². The van der Waals surface area contributed by atoms with Gasteiger partial charge in [0.1, 0.15) is 26.5 Å². The average molecular weight is 339 g/mol. The van der Waals surface area contributed by atoms with Crippen molar-refractivity contribution in [3.8, 4) is 11.5 Å². The number of methoxy groups -OCH3 is 2. The third-order valence-electron chi connectivity index (χ3n) is 1.96. The van der Waals surface area contributed by atoms with Gasteiger partial charge < -0.3 is 9.47 Å². The van der Waals surface area contributed by atoms with Crippen molar-refractivity contribution < 1.29 is 9.47 Å². The first-order valence-corrected chi connectivity index (χ1v) is 6.41. The standard InChI is InChI=1S/C9H8ClIN2O2/c1-14-7-3-5-6(4-8(7)15-2)12-11-13-9(5)10/h3-4H,1-2H3. The quantitative estimate of drug-likeness (QED) is 0.776. The van der Waals surface area contributed by atoms with E-state index >= 15 is 0 Å². The van der Waals surface area contributed by atoms with E-state index < -0.39 is 21.3 Å². The molecule has 1 heterocycles. The van der Waals surface area contributed by atoms with Crippen LogP contribution in [-0.4, -0.2) is 19.4 Å². The lowest BCUT2D eigenvalue weighted by molar-refractivity contribution is 0.355. The molecular weight excluding hydrogens is 330 g/mol. The minimum atomic E-state index is -0.562. The highest BCUT2D eigenvalue weighted by Gasteiger charge is 2.15. The van der Waals surface area contributed by atoms with Crippen LogP contribution in [0, 0.1) is 0 Å². The molecule has 15 heavy (non-hydrogen) atoms. The second-order valence-corrected chi connectivity index (χ2v) is 4.51. The minimum absolute atomic E-state index is 0.508. The highest BCUT2D eigenvalue weighted by atomic mass is 127. The molecule has 0 radical (unpaired) electrons. The SMILES string of the molecule is COc1cc2c(cc1OC)C(Cl)=NI=N2. The van der Waals surface area contributed by atoms with Crippen LogP contribution in [0.3, 0.4) is 0 Å². The van der Waals surface area contributed by atoms with Crippen LogP contribution in [0.2, 0.25) is 0 Å². The normalized spacial score (nSPS) is 13.7. The zero-order valence-electron chi connectivity index (χ0n) is 8.12. The molecule has 0 saturated heterocycles. The molecule has 0 amide bonds. The summed E-state index contributed by atoms with van der Waals surface area (Å²) < 4.78 is 18.8. The fourth-order valence-corrected chi connectivity index (χ4v) is 2.77. The van der Waals surface area contributed by atoms with Crippen molar-refractivity contribution in [1.82, 2.24) is 0 Å². The first kappa shape index (κ1) is 10.8. The molecule has 0 unspecified atom stereocenters. The Morgan fingerprint density at radius 1 is 1.20 bits per heavy atom. The first-order valence-electron chi connectivity index (χ1n) is 4.10. The molecule has 0 N–H and O–H groups in total. The Morgan fingerprint density at radius 3 is 2.53 bits per heavy atom. The number of ether oxygens (including phenoxy) is 2. The Kier molecular flexibility index (Phi) is 3.20. The molecule has 0 fully saturated rings. The predicted octanol–water partition coefficient (Wildman–Crippen LogP) is 3.40. The maximum absolute atomic E-state index is 5.99. The van der Waals surface area contributed by atoms with E-state index in [9.17, 15) is 0 Å². The number of hydrogen-bond acceptors (Lipinski definition) is 4. The van der Waals surface area contributed by atoms with Gasteiger partial charge in [-0.2, -0.15) is 3.21 Å². The Hall–Kier alpha value is -0.690. The van der Waals surface area contributed by atoms with Gasteiger partial charge >= 0.3 is 0 Å². The monoisotopic (exact) mass is 338 g/mol. The summed E-state index contributed by atoms with van der Waals surface area (Å²) in [7, 11) is 3.18. The summed E-state index contributed by atoms with van der Waals surface area (Å²) in [6, 6.07) is 3.62. The van der Waals surface area contributed by atoms with Crippen molar-refractivity contribution in [2.24, 2.45) is 6.35 Å². The summed E-state index contributed by atoms with van der Waals surface area (Å²) >= 11 is 5.43. The fraction of sp³-hybridized carbons (Fsp3) is 0.222. The van der Waals surface area contributed by atoms with E-state index in [1.54, 1.807) is 20.3 Å². The van der Waals surface area contributed by atoms with Crippen LogP contribution in [0.15, 0.2) is 18.5 Å². The van der Waals surface area contributed by atoms with Gasteiger partial charge in [-0.1, -0.05) is 11.6 Å². The lowest BCUT2D eigenvalue weighted by atomic mass is 10.1. The molecule has 1 aliphatic heterocycles. The van der Waals surface area contributed by atoms with Gasteiger partial charge in [-0.3, -0.25) is 0 Å². The van der Waals surface area contributed by atoms with Crippen molar-refractivity contribution in [3.63, 3.8) is 0 Å². The smallest absolute Gasteiger partial charge is 0.162 e. The van der Waals surface area contributed by atoms with Gasteiger partial charge in [-0.15, -0.1) is 0 Å². The fourth-order valence-electron chi connectivity index (χ4n) is 1.24. The van der Waals surface area contributed by atoms with Crippen LogP contribution < -0.4 is 9.47 Å². The molecule has 2 rings (SSSR count). The summed E-state index contributed by atoms with van der Waals surface area (Å²) in [5.41, 5.74) is 1.64. The van der Waals surface area contributed by atoms with Crippen molar-refractivity contribution in [3.05, 3.63) is 17.7 Å². The molecule has 0 aliphatic carbocycles. The highest BCUT2D eigenvalue weighted by Crippen LogP contribution is 2.39. The molecule has 0 aromatic heterocycles. The van der Waals surface area contributed by atoms with Crippen LogP contribution in [0.1, 0.15) is 5.56 Å². The van der Waals surface area contributed by atoms with Crippen LogP contribution in [0.25, 0.3) is 0 Å². The second-order valence-electron chi connectivity index (χ2n) is 2.76. The van der Waals surface area contributed by atoms with E-state index in [1.807, 2.05) is 6.07 Å². The summed E-state index contributed by atoms with van der Waals surface area (Å²) in [5, 5.41) is 0.508. The van der Waals surface area contributed by atoms with Gasteiger partial charge in [-0.05, 0) is 6.07 Å². The Balaban J connectivity index is 2.60. The molecule has 6 heteroatoms. The number of benzene rings is 1. The van der Waals surface area contributed by atoms with Gasteiger partial charge in [0.05, 0.1) is 19.9 Å². The molecule has 1 aliphatic rings. The van der Waals surface area contributed by atoms with Crippen LogP contribution in [-0.2, 0) is 0 Å². The predicted molar refractivity (Wildman–Crippen MR) is 68.0 cm³/mol. The Labute approximate surface area is 103 Å². The van der Waals surface area contributed by atoms with E-state index in [0.29, 0.717) is 16.7 Å². The highest BCUT2D eigenvalue weighted by molar-refractivity contribution is 14.1. The minimum Gasteiger partial charge on any atom is -0.493 e. The summed E-state index contributed by atoms with van der Waals surface area (Å²) in [6.07, 6.45) is 0. The average Bonchev–Trinajstić information content (AvgIpc) is 2.28. The molecule has 4 nitrogen and oxygen atoms in total. The van der Waals surface area contributed by atoms with Crippen LogP contribution in [0.5, 0.6) is 11.5 Å². The van der Waals surface area contributed by atoms with Gasteiger partial charge in [0.25, 0.3) is 0 Å². The lowest BCUT2D eigenvalue weighted by Gasteiger charge is -2.12. The molecule has 1 aromatic carbocycles. The van der Waals surface area contributed by atoms with Crippen LogP contribution in [0.4, 0.5) is 5.69 Å². The lowest BCUT2D eigenvalue weighted by Crippen LogP contribution is -1.97. The van der Waals surface area contributed by atoms with E-state index in [1.165, 1.54) is 0 Å². The number of nitrogens with zero attached hydrogens (tertiary/aromatic N) is 2. The summed E-state index contributed by atoms with van der Waals surface area (Å²) in [6.45, 7) is 0. The number of halogens is 2. The Morgan fingerprint density at radius 2 is 1.87 bits per heavy atom. The zero-order valence-corrected chi connectivity index (χ0v) is 11.0. The summed E-state index contributed by atoms with van der Waals surface area (Å²) in [5.74, 6) is 1.30. The maximum atomic E-state index is 5.99.